The molecule has 1 saturated carbocycles. The number of hydrogen-bond acceptors (Lipinski definition) is 2. The van der Waals surface area contributed by atoms with E-state index in [1.165, 1.54) is 0 Å². The summed E-state index contributed by atoms with van der Waals surface area (Å²) < 4.78 is 0. The Morgan fingerprint density at radius 2 is 1.72 bits per heavy atom. The summed E-state index contributed by atoms with van der Waals surface area (Å²) in [6.07, 6.45) is 15.3. The quantitative estimate of drug-likeness (QED) is 0.310. The highest BCUT2D eigenvalue weighted by atomic mass is 16.2. The van der Waals surface area contributed by atoms with E-state index in [2.05, 4.69) is 12.5 Å². The molecule has 2 aliphatic rings. The predicted molar refractivity (Wildman–Crippen MR) is 127 cm³/mol. The molecule has 3 nitrogen and oxygen atoms in total. The molecule has 0 radical (unpaired) electrons. The van der Waals surface area contributed by atoms with Gasteiger partial charge in [0.1, 0.15) is 5.41 Å². The Morgan fingerprint density at radius 3 is 2.03 bits per heavy atom. The van der Waals surface area contributed by atoms with Crippen LogP contribution in [0.25, 0.3) is 0 Å². The number of Topliss-reactive ketones (excluding diaryl/α,β-unsaturated/α-hetero) is 1. The lowest BCUT2D eigenvalue weighted by Gasteiger charge is -2.29. The van der Waals surface area contributed by atoms with Crippen LogP contribution in [0.15, 0.2) is 47.6 Å². The SMILES string of the molecule is C#CC1(C(=O)N2CC=C(/C(C=C)=C/C(=C\C)C(C)=O)CC2)CC1.CC.CC.CC. The predicted octanol–water partition coefficient (Wildman–Crippen LogP) is 6.28. The van der Waals surface area contributed by atoms with E-state index >= 15 is 0 Å². The van der Waals surface area contributed by atoms with E-state index in [0.717, 1.165) is 30.4 Å². The maximum Gasteiger partial charge on any atom is 0.241 e. The smallest absolute Gasteiger partial charge is 0.241 e. The van der Waals surface area contributed by atoms with Gasteiger partial charge in [0.2, 0.25) is 5.91 Å². The molecule has 1 heterocycles. The van der Waals surface area contributed by atoms with Crippen molar-refractivity contribution in [1.29, 1.82) is 0 Å². The zero-order chi connectivity index (χ0) is 23.0. The minimum absolute atomic E-state index is 0.0322. The first-order chi connectivity index (χ1) is 14.0. The second-order valence-corrected chi connectivity index (χ2v) is 6.06. The Bertz CT molecular complexity index is 667. The molecule has 0 saturated heterocycles. The van der Waals surface area contributed by atoms with Crippen molar-refractivity contribution in [2.45, 2.75) is 74.7 Å². The fourth-order valence-electron chi connectivity index (χ4n) is 2.80. The summed E-state index contributed by atoms with van der Waals surface area (Å²) in [7, 11) is 0. The zero-order valence-corrected chi connectivity index (χ0v) is 19.9. The van der Waals surface area contributed by atoms with Crippen LogP contribution in [0.4, 0.5) is 0 Å². The normalized spacial score (nSPS) is 16.8. The number of amides is 1. The van der Waals surface area contributed by atoms with Crippen molar-refractivity contribution >= 4 is 11.7 Å². The Kier molecular flexibility index (Phi) is 15.5. The number of terminal acetylenes is 1. The van der Waals surface area contributed by atoms with Crippen LogP contribution < -0.4 is 0 Å². The standard InChI is InChI=1S/C20H23NO2.3C2H6/c1-5-16(15(4)22)14-17(6-2)18-8-12-21(13-9-18)19(23)20(7-3)10-11-20;3*1-2/h3,5-6,8,14H,2,9-13H2,1,4H3;3*1-2H3/b16-5+,17-14+;;;. The molecule has 29 heavy (non-hydrogen) atoms. The number of ketones is 1. The molecule has 0 bridgehead atoms. The lowest BCUT2D eigenvalue weighted by molar-refractivity contribution is -0.134. The Morgan fingerprint density at radius 1 is 1.17 bits per heavy atom. The van der Waals surface area contributed by atoms with Gasteiger partial charge in [0.15, 0.2) is 5.78 Å². The summed E-state index contributed by atoms with van der Waals surface area (Å²) in [5.41, 5.74) is 2.20. The van der Waals surface area contributed by atoms with Crippen LogP contribution in [0.2, 0.25) is 0 Å². The number of nitrogens with zero attached hydrogens (tertiary/aromatic N) is 1. The average molecular weight is 400 g/mol. The van der Waals surface area contributed by atoms with Gasteiger partial charge in [0.25, 0.3) is 0 Å². The third-order valence-electron chi connectivity index (χ3n) is 4.55. The third kappa shape index (κ3) is 8.28. The monoisotopic (exact) mass is 399 g/mol. The number of allylic oxidation sites excluding steroid dienone is 5. The average Bonchev–Trinajstić information content (AvgIpc) is 3.59. The Labute approximate surface area is 179 Å². The Hall–Kier alpha value is -2.34. The van der Waals surface area contributed by atoms with Crippen molar-refractivity contribution < 1.29 is 9.59 Å². The molecule has 0 aromatic carbocycles. The molecule has 0 aromatic heterocycles. The number of carbonyl (C=O) groups is 2. The molecule has 0 spiro atoms. The van der Waals surface area contributed by atoms with E-state index in [4.69, 9.17) is 6.42 Å². The largest absolute Gasteiger partial charge is 0.337 e. The number of rotatable bonds is 5. The van der Waals surface area contributed by atoms with Crippen molar-refractivity contribution in [1.82, 2.24) is 4.90 Å². The van der Waals surface area contributed by atoms with Crippen LogP contribution in [-0.2, 0) is 9.59 Å². The molecule has 1 fully saturated rings. The lowest BCUT2D eigenvalue weighted by Crippen LogP contribution is -2.39. The maximum atomic E-state index is 12.4. The summed E-state index contributed by atoms with van der Waals surface area (Å²) >= 11 is 0. The molecular weight excluding hydrogens is 358 g/mol. The second kappa shape index (κ2) is 15.6. The molecule has 0 N–H and O–H groups in total. The molecule has 0 aromatic rings. The van der Waals surface area contributed by atoms with Gasteiger partial charge >= 0.3 is 0 Å². The molecule has 2 rings (SSSR count). The first kappa shape index (κ1) is 28.9. The van der Waals surface area contributed by atoms with Gasteiger partial charge in [-0.1, -0.05) is 72.3 Å². The maximum absolute atomic E-state index is 12.4. The highest BCUT2D eigenvalue weighted by Crippen LogP contribution is 2.46. The summed E-state index contributed by atoms with van der Waals surface area (Å²) in [6, 6.07) is 0. The van der Waals surface area contributed by atoms with Gasteiger partial charge in [0.05, 0.1) is 0 Å². The Balaban J connectivity index is 0. The minimum atomic E-state index is -0.533. The first-order valence-electron chi connectivity index (χ1n) is 11.0. The van der Waals surface area contributed by atoms with E-state index in [1.807, 2.05) is 65.5 Å². The topological polar surface area (TPSA) is 37.4 Å². The molecule has 0 unspecified atom stereocenters. The molecule has 1 amide bonds. The van der Waals surface area contributed by atoms with Crippen LogP contribution in [0.1, 0.15) is 74.7 Å². The third-order valence-corrected chi connectivity index (χ3v) is 4.55. The summed E-state index contributed by atoms with van der Waals surface area (Å²) in [5.74, 6) is 2.77. The van der Waals surface area contributed by atoms with Crippen LogP contribution in [0.3, 0.4) is 0 Å². The molecular formula is C26H41NO2. The van der Waals surface area contributed by atoms with Crippen molar-refractivity contribution in [2.24, 2.45) is 5.41 Å². The molecule has 162 valence electrons. The van der Waals surface area contributed by atoms with E-state index in [1.54, 1.807) is 19.1 Å². The fourth-order valence-corrected chi connectivity index (χ4v) is 2.80. The van der Waals surface area contributed by atoms with Crippen LogP contribution in [-0.4, -0.2) is 29.7 Å². The molecule has 1 aliphatic heterocycles. The molecule has 3 heteroatoms. The number of hydrogen-bond donors (Lipinski definition) is 0. The van der Waals surface area contributed by atoms with E-state index in [9.17, 15) is 9.59 Å². The van der Waals surface area contributed by atoms with Gasteiger partial charge in [-0.15, -0.1) is 6.42 Å². The lowest BCUT2D eigenvalue weighted by atomic mass is 9.95. The van der Waals surface area contributed by atoms with Gasteiger partial charge in [-0.3, -0.25) is 9.59 Å². The second-order valence-electron chi connectivity index (χ2n) is 6.06. The van der Waals surface area contributed by atoms with Gasteiger partial charge in [0, 0.05) is 18.7 Å². The van der Waals surface area contributed by atoms with E-state index in [-0.39, 0.29) is 11.7 Å². The van der Waals surface area contributed by atoms with Gasteiger partial charge in [-0.25, -0.2) is 0 Å². The summed E-state index contributed by atoms with van der Waals surface area (Å²) in [5, 5.41) is 0. The first-order valence-corrected chi connectivity index (χ1v) is 11.0. The van der Waals surface area contributed by atoms with Gasteiger partial charge in [-0.2, -0.15) is 0 Å². The summed E-state index contributed by atoms with van der Waals surface area (Å²) in [4.78, 5) is 25.8. The zero-order valence-electron chi connectivity index (χ0n) is 19.9. The molecule has 0 atom stereocenters. The van der Waals surface area contributed by atoms with Crippen molar-refractivity contribution in [3.8, 4) is 12.3 Å². The highest BCUT2D eigenvalue weighted by Gasteiger charge is 2.50. The van der Waals surface area contributed by atoms with E-state index in [0.29, 0.717) is 18.7 Å². The van der Waals surface area contributed by atoms with Crippen molar-refractivity contribution in [3.63, 3.8) is 0 Å². The number of carbonyl (C=O) groups excluding carboxylic acids is 2. The van der Waals surface area contributed by atoms with Gasteiger partial charge < -0.3 is 4.90 Å². The van der Waals surface area contributed by atoms with Crippen LogP contribution >= 0.6 is 0 Å². The van der Waals surface area contributed by atoms with Crippen molar-refractivity contribution in [3.05, 3.63) is 47.6 Å². The minimum Gasteiger partial charge on any atom is -0.337 e. The van der Waals surface area contributed by atoms with Gasteiger partial charge in [-0.05, 0) is 50.3 Å². The molecule has 1 aliphatic carbocycles. The van der Waals surface area contributed by atoms with E-state index < -0.39 is 5.41 Å². The van der Waals surface area contributed by atoms with Crippen LogP contribution in [0, 0.1) is 17.8 Å². The fraction of sp³-hybridized carbons (Fsp3) is 0.538. The van der Waals surface area contributed by atoms with Crippen LogP contribution in [0.5, 0.6) is 0 Å². The summed E-state index contributed by atoms with van der Waals surface area (Å²) in [6.45, 7) is 20.5. The highest BCUT2D eigenvalue weighted by molar-refractivity contribution is 5.96. The van der Waals surface area contributed by atoms with Crippen molar-refractivity contribution in [2.75, 3.05) is 13.1 Å².